The number of hydrogen-bond donors (Lipinski definition) is 1. The average molecular weight is 433 g/mol. The monoisotopic (exact) mass is 432 g/mol. The number of benzene rings is 1. The van der Waals surface area contributed by atoms with Crippen molar-refractivity contribution in [3.63, 3.8) is 0 Å². The van der Waals surface area contributed by atoms with E-state index in [2.05, 4.69) is 36.4 Å². The van der Waals surface area contributed by atoms with Gasteiger partial charge in [0, 0.05) is 31.7 Å². The van der Waals surface area contributed by atoms with E-state index in [9.17, 15) is 9.59 Å². The van der Waals surface area contributed by atoms with Crippen LogP contribution in [0, 0.1) is 5.92 Å². The molecule has 1 saturated heterocycles. The quantitative estimate of drug-likeness (QED) is 0.597. The van der Waals surface area contributed by atoms with Crippen LogP contribution in [-0.2, 0) is 0 Å². The van der Waals surface area contributed by atoms with Gasteiger partial charge in [0.05, 0.1) is 11.1 Å². The molecule has 1 aliphatic rings. The Morgan fingerprint density at radius 3 is 2.50 bits per heavy atom. The molecule has 2 amide bonds. The summed E-state index contributed by atoms with van der Waals surface area (Å²) in [7, 11) is 0. The van der Waals surface area contributed by atoms with Crippen LogP contribution in [0.1, 0.15) is 71.9 Å². The number of rotatable bonds is 7. The van der Waals surface area contributed by atoms with Gasteiger partial charge in [0.1, 0.15) is 0 Å². The highest BCUT2D eigenvalue weighted by molar-refractivity contribution is 6.02. The number of fused-ring (bicyclic) bond motifs is 1. The van der Waals surface area contributed by atoms with Gasteiger partial charge in [0.25, 0.3) is 11.8 Å². The molecule has 168 valence electrons. The van der Waals surface area contributed by atoms with Crippen LogP contribution in [-0.4, -0.2) is 46.0 Å². The van der Waals surface area contributed by atoms with E-state index in [-0.39, 0.29) is 17.7 Å². The summed E-state index contributed by atoms with van der Waals surface area (Å²) < 4.78 is 1.63. The number of amides is 2. The van der Waals surface area contributed by atoms with E-state index in [4.69, 9.17) is 0 Å². The number of likely N-dealkylation sites (tertiary alicyclic amines) is 1. The van der Waals surface area contributed by atoms with Gasteiger partial charge < -0.3 is 10.2 Å². The molecule has 3 heterocycles. The van der Waals surface area contributed by atoms with Crippen molar-refractivity contribution in [3.05, 3.63) is 71.5 Å². The lowest BCUT2D eigenvalue weighted by Crippen LogP contribution is -2.35. The van der Waals surface area contributed by atoms with Gasteiger partial charge in [-0.05, 0) is 55.4 Å². The predicted octanol–water partition coefficient (Wildman–Crippen LogP) is 4.52. The molecule has 1 atom stereocenters. The van der Waals surface area contributed by atoms with Crippen LogP contribution in [0.5, 0.6) is 0 Å². The van der Waals surface area contributed by atoms with Crippen LogP contribution in [0.25, 0.3) is 5.52 Å². The van der Waals surface area contributed by atoms with Gasteiger partial charge in [-0.2, -0.15) is 5.10 Å². The third-order valence-corrected chi connectivity index (χ3v) is 6.14. The zero-order valence-electron chi connectivity index (χ0n) is 19.0. The number of hydrogen-bond acceptors (Lipinski definition) is 3. The molecule has 0 bridgehead atoms. The third kappa shape index (κ3) is 5.01. The third-order valence-electron chi connectivity index (χ3n) is 6.14. The van der Waals surface area contributed by atoms with E-state index in [1.54, 1.807) is 28.9 Å². The summed E-state index contributed by atoms with van der Waals surface area (Å²) in [6.45, 7) is 6.51. The van der Waals surface area contributed by atoms with E-state index in [1.165, 1.54) is 12.0 Å². The molecule has 1 aromatic carbocycles. The fourth-order valence-electron chi connectivity index (χ4n) is 4.51. The van der Waals surface area contributed by atoms with Crippen LogP contribution in [0.15, 0.2) is 54.7 Å². The number of carbonyl (C=O) groups is 2. The number of carbonyl (C=O) groups excluding carboxylic acids is 2. The van der Waals surface area contributed by atoms with E-state index in [0.29, 0.717) is 29.2 Å². The number of nitrogens with one attached hydrogen (secondary N) is 1. The minimum absolute atomic E-state index is 0.0548. The van der Waals surface area contributed by atoms with Crippen LogP contribution < -0.4 is 5.32 Å². The van der Waals surface area contributed by atoms with Crippen molar-refractivity contribution in [3.8, 4) is 0 Å². The smallest absolute Gasteiger partial charge is 0.274 e. The summed E-state index contributed by atoms with van der Waals surface area (Å²) in [6, 6.07) is 15.7. The highest BCUT2D eigenvalue weighted by Gasteiger charge is 2.23. The van der Waals surface area contributed by atoms with Crippen molar-refractivity contribution >= 4 is 17.3 Å². The normalized spacial score (nSPS) is 15.2. The number of pyridine rings is 1. The average Bonchev–Trinajstić information content (AvgIpc) is 3.26. The van der Waals surface area contributed by atoms with Crippen LogP contribution >= 0.6 is 0 Å². The van der Waals surface area contributed by atoms with Crippen molar-refractivity contribution in [1.29, 1.82) is 0 Å². The molecule has 0 spiro atoms. The summed E-state index contributed by atoms with van der Waals surface area (Å²) in [5.74, 6) is 0.581. The van der Waals surface area contributed by atoms with Gasteiger partial charge >= 0.3 is 0 Å². The largest absolute Gasteiger partial charge is 0.351 e. The molecule has 2 aromatic heterocycles. The first-order chi connectivity index (χ1) is 15.5. The molecule has 32 heavy (non-hydrogen) atoms. The van der Waals surface area contributed by atoms with Crippen molar-refractivity contribution in [1.82, 2.24) is 19.8 Å². The Hall–Kier alpha value is -3.15. The summed E-state index contributed by atoms with van der Waals surface area (Å²) in [5.41, 5.74) is 2.83. The first-order valence-corrected chi connectivity index (χ1v) is 11.6. The Bertz CT molecular complexity index is 1070. The van der Waals surface area contributed by atoms with Gasteiger partial charge in [-0.25, -0.2) is 4.52 Å². The molecule has 1 fully saturated rings. The van der Waals surface area contributed by atoms with Crippen molar-refractivity contribution < 1.29 is 9.59 Å². The Labute approximate surface area is 189 Å². The molecule has 0 aliphatic carbocycles. The lowest BCUT2D eigenvalue weighted by molar-refractivity contribution is 0.0717. The molecule has 6 nitrogen and oxygen atoms in total. The molecule has 0 saturated carbocycles. The van der Waals surface area contributed by atoms with E-state index >= 15 is 0 Å². The second kappa shape index (κ2) is 9.98. The van der Waals surface area contributed by atoms with Crippen LogP contribution in [0.3, 0.4) is 0 Å². The number of piperidine rings is 1. The maximum atomic E-state index is 13.1. The van der Waals surface area contributed by atoms with Crippen molar-refractivity contribution in [2.45, 2.75) is 45.4 Å². The Kier molecular flexibility index (Phi) is 6.88. The van der Waals surface area contributed by atoms with E-state index in [1.807, 2.05) is 23.1 Å². The lowest BCUT2D eigenvalue weighted by Gasteiger charge is -2.25. The fraction of sp³-hybridized carbons (Fsp3) is 0.423. The summed E-state index contributed by atoms with van der Waals surface area (Å²) in [6.07, 6.45) is 6.01. The van der Waals surface area contributed by atoms with Crippen molar-refractivity contribution in [2.24, 2.45) is 5.92 Å². The molecule has 4 rings (SSSR count). The zero-order valence-corrected chi connectivity index (χ0v) is 19.0. The lowest BCUT2D eigenvalue weighted by atomic mass is 9.90. The van der Waals surface area contributed by atoms with Crippen LogP contribution in [0.2, 0.25) is 0 Å². The standard InChI is InChI=1S/C26H32N4O2/c1-19(2)16-21(20-10-5-3-6-11-20)18-27-25(31)22-12-9-15-30-24(22)17-23(28-30)26(32)29-13-7-4-8-14-29/h3,5-6,9-12,15,17,19,21H,4,7-8,13-14,16,18H2,1-2H3,(H,27,31). The van der Waals surface area contributed by atoms with Gasteiger partial charge in [-0.3, -0.25) is 9.59 Å². The molecule has 1 aliphatic heterocycles. The Balaban J connectivity index is 1.51. The van der Waals surface area contributed by atoms with Gasteiger partial charge in [0.2, 0.25) is 0 Å². The van der Waals surface area contributed by atoms with E-state index in [0.717, 1.165) is 32.4 Å². The number of nitrogens with zero attached hydrogens (tertiary/aromatic N) is 3. The fourth-order valence-corrected chi connectivity index (χ4v) is 4.51. The SMILES string of the molecule is CC(C)CC(CNC(=O)c1cccn2nc(C(=O)N3CCCCC3)cc12)c1ccccc1. The van der Waals surface area contributed by atoms with Gasteiger partial charge in [0.15, 0.2) is 5.69 Å². The Morgan fingerprint density at radius 2 is 1.78 bits per heavy atom. The highest BCUT2D eigenvalue weighted by atomic mass is 16.2. The number of aromatic nitrogens is 2. The maximum Gasteiger partial charge on any atom is 0.274 e. The van der Waals surface area contributed by atoms with E-state index < -0.39 is 0 Å². The summed E-state index contributed by atoms with van der Waals surface area (Å²) in [5, 5.41) is 7.58. The molecular formula is C26H32N4O2. The maximum absolute atomic E-state index is 13.1. The molecule has 1 unspecified atom stereocenters. The predicted molar refractivity (Wildman–Crippen MR) is 126 cm³/mol. The Morgan fingerprint density at radius 1 is 1.03 bits per heavy atom. The molecule has 1 N–H and O–H groups in total. The molecular weight excluding hydrogens is 400 g/mol. The topological polar surface area (TPSA) is 66.7 Å². The second-order valence-electron chi connectivity index (χ2n) is 9.08. The van der Waals surface area contributed by atoms with Gasteiger partial charge in [-0.1, -0.05) is 44.2 Å². The molecule has 6 heteroatoms. The minimum atomic E-state index is -0.142. The van der Waals surface area contributed by atoms with Crippen LogP contribution in [0.4, 0.5) is 0 Å². The summed E-state index contributed by atoms with van der Waals surface area (Å²) in [4.78, 5) is 27.9. The highest BCUT2D eigenvalue weighted by Crippen LogP contribution is 2.23. The first-order valence-electron chi connectivity index (χ1n) is 11.6. The minimum Gasteiger partial charge on any atom is -0.351 e. The summed E-state index contributed by atoms with van der Waals surface area (Å²) >= 11 is 0. The first kappa shape index (κ1) is 22.1. The van der Waals surface area contributed by atoms with Gasteiger partial charge in [-0.15, -0.1) is 0 Å². The van der Waals surface area contributed by atoms with Crippen molar-refractivity contribution in [2.75, 3.05) is 19.6 Å². The zero-order chi connectivity index (χ0) is 22.5. The second-order valence-corrected chi connectivity index (χ2v) is 9.08. The molecule has 3 aromatic rings. The molecule has 0 radical (unpaired) electrons.